The maximum absolute atomic E-state index is 5.49. The monoisotopic (exact) mass is 279 g/mol. The van der Waals surface area contributed by atoms with Crippen molar-refractivity contribution in [2.45, 2.75) is 0 Å². The third-order valence-electron chi connectivity index (χ3n) is 2.87. The largest absolute Gasteiger partial charge is 0.497 e. The lowest BCUT2D eigenvalue weighted by Crippen LogP contribution is -1.84. The zero-order valence-corrected chi connectivity index (χ0v) is 11.4. The summed E-state index contributed by atoms with van der Waals surface area (Å²) in [5.41, 5.74) is 1.80. The summed E-state index contributed by atoms with van der Waals surface area (Å²) in [7, 11) is 1.63. The second-order valence-electron chi connectivity index (χ2n) is 4.29. The molecule has 0 radical (unpaired) electrons. The SMILES string of the molecule is COc1ccc(/C=N/c2nnc(-c3ccccc3)o2)cc1. The molecule has 21 heavy (non-hydrogen) atoms. The number of hydrogen-bond acceptors (Lipinski definition) is 5. The highest BCUT2D eigenvalue weighted by Crippen LogP contribution is 2.20. The summed E-state index contributed by atoms with van der Waals surface area (Å²) in [4.78, 5) is 4.17. The van der Waals surface area contributed by atoms with Crippen LogP contribution in [0.15, 0.2) is 64.0 Å². The van der Waals surface area contributed by atoms with Gasteiger partial charge in [-0.05, 0) is 42.0 Å². The summed E-state index contributed by atoms with van der Waals surface area (Å²) in [6, 6.07) is 17.3. The lowest BCUT2D eigenvalue weighted by Gasteiger charge is -1.98. The molecule has 2 aromatic carbocycles. The number of ether oxygens (including phenoxy) is 1. The van der Waals surface area contributed by atoms with Crippen LogP contribution in [0.25, 0.3) is 11.5 Å². The second kappa shape index (κ2) is 6.00. The molecule has 0 amide bonds. The third-order valence-corrected chi connectivity index (χ3v) is 2.87. The minimum Gasteiger partial charge on any atom is -0.497 e. The zero-order valence-electron chi connectivity index (χ0n) is 11.4. The number of hydrogen-bond donors (Lipinski definition) is 0. The molecule has 3 aromatic rings. The number of methoxy groups -OCH3 is 1. The van der Waals surface area contributed by atoms with Crippen LogP contribution in [-0.4, -0.2) is 23.5 Å². The van der Waals surface area contributed by atoms with Crippen molar-refractivity contribution in [2.24, 2.45) is 4.99 Å². The maximum Gasteiger partial charge on any atom is 0.342 e. The Balaban J connectivity index is 1.76. The number of aliphatic imine (C=N–C) groups is 1. The number of benzene rings is 2. The van der Waals surface area contributed by atoms with E-state index >= 15 is 0 Å². The van der Waals surface area contributed by atoms with Gasteiger partial charge in [-0.3, -0.25) is 0 Å². The van der Waals surface area contributed by atoms with Gasteiger partial charge in [0.15, 0.2) is 0 Å². The fourth-order valence-electron chi connectivity index (χ4n) is 1.78. The maximum atomic E-state index is 5.49. The Morgan fingerprint density at radius 3 is 2.48 bits per heavy atom. The first kappa shape index (κ1) is 13.1. The van der Waals surface area contributed by atoms with Gasteiger partial charge in [-0.15, -0.1) is 5.10 Å². The van der Waals surface area contributed by atoms with Crippen LogP contribution in [0.4, 0.5) is 6.01 Å². The molecule has 0 atom stereocenters. The fraction of sp³-hybridized carbons (Fsp3) is 0.0625. The highest BCUT2D eigenvalue weighted by atomic mass is 16.5. The smallest absolute Gasteiger partial charge is 0.342 e. The van der Waals surface area contributed by atoms with Crippen LogP contribution in [0.2, 0.25) is 0 Å². The van der Waals surface area contributed by atoms with Gasteiger partial charge >= 0.3 is 6.01 Å². The summed E-state index contributed by atoms with van der Waals surface area (Å²) in [6.45, 7) is 0. The average Bonchev–Trinajstić information content (AvgIpc) is 3.03. The molecule has 5 heteroatoms. The number of aromatic nitrogens is 2. The Hall–Kier alpha value is -2.95. The molecule has 0 fully saturated rings. The molecule has 3 rings (SSSR count). The predicted octanol–water partition coefficient (Wildman–Crippen LogP) is 3.50. The van der Waals surface area contributed by atoms with E-state index in [0.29, 0.717) is 5.89 Å². The van der Waals surface area contributed by atoms with Crippen LogP contribution in [0.3, 0.4) is 0 Å². The third kappa shape index (κ3) is 3.14. The average molecular weight is 279 g/mol. The number of rotatable bonds is 4. The van der Waals surface area contributed by atoms with Crippen molar-refractivity contribution in [3.05, 3.63) is 60.2 Å². The van der Waals surface area contributed by atoms with E-state index < -0.39 is 0 Å². The van der Waals surface area contributed by atoms with E-state index in [1.165, 1.54) is 0 Å². The Kier molecular flexibility index (Phi) is 3.73. The van der Waals surface area contributed by atoms with Crippen LogP contribution in [0.1, 0.15) is 5.56 Å². The Labute approximate surface area is 121 Å². The van der Waals surface area contributed by atoms with E-state index in [-0.39, 0.29) is 6.01 Å². The minimum atomic E-state index is 0.227. The van der Waals surface area contributed by atoms with Gasteiger partial charge in [0.05, 0.1) is 7.11 Å². The molecule has 0 spiro atoms. The van der Waals surface area contributed by atoms with Crippen molar-refractivity contribution in [2.75, 3.05) is 7.11 Å². The van der Waals surface area contributed by atoms with Crippen molar-refractivity contribution in [3.8, 4) is 17.2 Å². The van der Waals surface area contributed by atoms with Crippen LogP contribution < -0.4 is 4.74 Å². The molecule has 1 heterocycles. The molecule has 1 aromatic heterocycles. The van der Waals surface area contributed by atoms with Crippen molar-refractivity contribution < 1.29 is 9.15 Å². The summed E-state index contributed by atoms with van der Waals surface area (Å²) in [5, 5.41) is 7.88. The molecule has 104 valence electrons. The van der Waals surface area contributed by atoms with Gasteiger partial charge < -0.3 is 9.15 Å². The molecule has 0 unspecified atom stereocenters. The molecule has 0 aliphatic rings. The van der Waals surface area contributed by atoms with Crippen LogP contribution in [0, 0.1) is 0 Å². The minimum absolute atomic E-state index is 0.227. The summed E-state index contributed by atoms with van der Waals surface area (Å²) < 4.78 is 10.6. The van der Waals surface area contributed by atoms with E-state index in [0.717, 1.165) is 16.9 Å². The number of nitrogens with zero attached hydrogens (tertiary/aromatic N) is 3. The second-order valence-corrected chi connectivity index (χ2v) is 4.29. The molecule has 5 nitrogen and oxygen atoms in total. The van der Waals surface area contributed by atoms with Gasteiger partial charge in [-0.1, -0.05) is 23.3 Å². The van der Waals surface area contributed by atoms with Crippen molar-refractivity contribution in [3.63, 3.8) is 0 Å². The molecule has 0 aliphatic heterocycles. The van der Waals surface area contributed by atoms with Gasteiger partial charge in [0.25, 0.3) is 0 Å². The molecular weight excluding hydrogens is 266 g/mol. The lowest BCUT2D eigenvalue weighted by molar-refractivity contribution is 0.415. The quantitative estimate of drug-likeness (QED) is 0.686. The van der Waals surface area contributed by atoms with Gasteiger partial charge in [0.1, 0.15) is 5.75 Å². The molecular formula is C16H13N3O2. The summed E-state index contributed by atoms with van der Waals surface area (Å²) >= 11 is 0. The Morgan fingerprint density at radius 1 is 1.00 bits per heavy atom. The van der Waals surface area contributed by atoms with Crippen molar-refractivity contribution >= 4 is 12.2 Å². The van der Waals surface area contributed by atoms with E-state index in [4.69, 9.17) is 9.15 Å². The van der Waals surface area contributed by atoms with Crippen LogP contribution in [0.5, 0.6) is 5.75 Å². The van der Waals surface area contributed by atoms with Gasteiger partial charge in [0.2, 0.25) is 5.89 Å². The van der Waals surface area contributed by atoms with E-state index in [2.05, 4.69) is 15.2 Å². The first-order valence-corrected chi connectivity index (χ1v) is 6.42. The Morgan fingerprint density at radius 2 is 1.76 bits per heavy atom. The predicted molar refractivity (Wildman–Crippen MR) is 80.0 cm³/mol. The lowest BCUT2D eigenvalue weighted by atomic mass is 10.2. The zero-order chi connectivity index (χ0) is 14.5. The standard InChI is InChI=1S/C16H13N3O2/c1-20-14-9-7-12(8-10-14)11-17-16-19-18-15(21-16)13-5-3-2-4-6-13/h2-11H,1H3/b17-11+. The van der Waals surface area contributed by atoms with E-state index in [1.54, 1.807) is 13.3 Å². The molecule has 0 bridgehead atoms. The van der Waals surface area contributed by atoms with Crippen molar-refractivity contribution in [1.82, 2.24) is 10.2 Å². The van der Waals surface area contributed by atoms with E-state index in [1.807, 2.05) is 54.6 Å². The highest BCUT2D eigenvalue weighted by Gasteiger charge is 2.06. The Bertz CT molecular complexity index is 734. The first-order valence-electron chi connectivity index (χ1n) is 6.42. The van der Waals surface area contributed by atoms with Gasteiger partial charge in [0, 0.05) is 11.8 Å². The first-order chi connectivity index (χ1) is 10.3. The topological polar surface area (TPSA) is 60.5 Å². The van der Waals surface area contributed by atoms with Crippen LogP contribution in [-0.2, 0) is 0 Å². The fourth-order valence-corrected chi connectivity index (χ4v) is 1.78. The van der Waals surface area contributed by atoms with E-state index in [9.17, 15) is 0 Å². The summed E-state index contributed by atoms with van der Waals surface area (Å²) in [6.07, 6.45) is 1.67. The van der Waals surface area contributed by atoms with Crippen molar-refractivity contribution in [1.29, 1.82) is 0 Å². The molecule has 0 saturated heterocycles. The highest BCUT2D eigenvalue weighted by molar-refractivity contribution is 5.81. The normalized spacial score (nSPS) is 10.9. The summed E-state index contributed by atoms with van der Waals surface area (Å²) in [5.74, 6) is 1.26. The van der Waals surface area contributed by atoms with Crippen LogP contribution >= 0.6 is 0 Å². The molecule has 0 saturated carbocycles. The van der Waals surface area contributed by atoms with Gasteiger partial charge in [-0.25, -0.2) is 4.99 Å². The molecule has 0 N–H and O–H groups in total. The van der Waals surface area contributed by atoms with Gasteiger partial charge in [-0.2, -0.15) is 0 Å². The molecule has 0 aliphatic carbocycles.